The molecule has 152 valence electrons. The second kappa shape index (κ2) is 8.47. The molecule has 3 N–H and O–H groups in total. The number of rotatable bonds is 5. The Balaban J connectivity index is 1.40. The molecule has 2 aromatic heterocycles. The number of hydrogen-bond donors (Lipinski definition) is 3. The molecule has 9 heteroatoms. The molecule has 1 aliphatic heterocycles. The molecule has 1 fully saturated rings. The summed E-state index contributed by atoms with van der Waals surface area (Å²) in [7, 11) is 0. The number of benzene rings is 1. The van der Waals surface area contributed by atoms with Crippen LogP contribution in [0.1, 0.15) is 19.8 Å². The van der Waals surface area contributed by atoms with E-state index >= 15 is 0 Å². The normalized spacial score (nSPS) is 19.3. The van der Waals surface area contributed by atoms with Gasteiger partial charge in [-0.05, 0) is 44.0 Å². The monoisotopic (exact) mass is 432 g/mol. The zero-order chi connectivity index (χ0) is 20.4. The number of amides is 1. The molecule has 1 amide bonds. The molecule has 0 unspecified atom stereocenters. The van der Waals surface area contributed by atoms with Crippen molar-refractivity contribution in [3.63, 3.8) is 0 Å². The third kappa shape index (κ3) is 4.57. The van der Waals surface area contributed by atoms with Crippen molar-refractivity contribution in [2.45, 2.75) is 31.8 Å². The fraction of sp³-hybridized carbons (Fsp3) is 0.350. The minimum Gasteiger partial charge on any atom is -0.376 e. The van der Waals surface area contributed by atoms with E-state index in [-0.39, 0.29) is 24.5 Å². The van der Waals surface area contributed by atoms with Gasteiger partial charge in [-0.25, -0.2) is 9.97 Å². The predicted molar refractivity (Wildman–Crippen MR) is 117 cm³/mol. The number of piperidine rings is 1. The zero-order valence-electron chi connectivity index (χ0n) is 16.0. The lowest BCUT2D eigenvalue weighted by Gasteiger charge is -2.38. The molecule has 0 bridgehead atoms. The molecule has 29 heavy (non-hydrogen) atoms. The summed E-state index contributed by atoms with van der Waals surface area (Å²) in [6.07, 6.45) is 5.28. The summed E-state index contributed by atoms with van der Waals surface area (Å²) >= 11 is 12.1. The van der Waals surface area contributed by atoms with Crippen LogP contribution in [0, 0.1) is 0 Å². The Morgan fingerprint density at radius 2 is 2.03 bits per heavy atom. The Bertz CT molecular complexity index is 1000. The number of carbonyl (C=O) groups is 1. The maximum atomic E-state index is 12.9. The number of carbonyl (C=O) groups excluding carboxylic acids is 1. The van der Waals surface area contributed by atoms with Crippen LogP contribution in [-0.2, 0) is 4.79 Å². The van der Waals surface area contributed by atoms with E-state index in [1.165, 1.54) is 6.33 Å². The molecular weight excluding hydrogens is 411 g/mol. The van der Waals surface area contributed by atoms with E-state index in [0.29, 0.717) is 16.6 Å². The lowest BCUT2D eigenvalue weighted by molar-refractivity contribution is -0.132. The average Bonchev–Trinajstić information content (AvgIpc) is 3.17. The van der Waals surface area contributed by atoms with Crippen LogP contribution in [0.4, 0.5) is 11.5 Å². The van der Waals surface area contributed by atoms with Crippen molar-refractivity contribution in [1.29, 1.82) is 0 Å². The average molecular weight is 433 g/mol. The van der Waals surface area contributed by atoms with E-state index in [9.17, 15) is 4.79 Å². The maximum Gasteiger partial charge on any atom is 0.242 e. The van der Waals surface area contributed by atoms with E-state index in [1.54, 1.807) is 18.2 Å². The fourth-order valence-electron chi connectivity index (χ4n) is 3.69. The van der Waals surface area contributed by atoms with E-state index in [0.717, 1.165) is 35.4 Å². The zero-order valence-corrected chi connectivity index (χ0v) is 17.5. The van der Waals surface area contributed by atoms with Crippen molar-refractivity contribution in [2.24, 2.45) is 0 Å². The first-order valence-corrected chi connectivity index (χ1v) is 10.3. The Labute approximate surface area is 178 Å². The fourth-order valence-corrected chi connectivity index (χ4v) is 4.21. The Kier molecular flexibility index (Phi) is 5.78. The van der Waals surface area contributed by atoms with Crippen LogP contribution in [0.2, 0.25) is 10.0 Å². The molecule has 1 aromatic carbocycles. The van der Waals surface area contributed by atoms with E-state index in [1.807, 2.05) is 17.2 Å². The number of anilines is 2. The van der Waals surface area contributed by atoms with Crippen LogP contribution in [0.15, 0.2) is 36.8 Å². The lowest BCUT2D eigenvalue weighted by atomic mass is 9.99. The SMILES string of the molecule is C[C@@H]1CC[C@H](Nc2ncnc3[nH]ccc23)CN1C(=O)CNc1cc(Cl)cc(Cl)c1. The molecular formula is C20H22Cl2N6O. The quantitative estimate of drug-likeness (QED) is 0.563. The summed E-state index contributed by atoms with van der Waals surface area (Å²) in [5, 5.41) is 8.62. The van der Waals surface area contributed by atoms with E-state index in [2.05, 4.69) is 32.5 Å². The van der Waals surface area contributed by atoms with E-state index < -0.39 is 0 Å². The van der Waals surface area contributed by atoms with Crippen LogP contribution >= 0.6 is 23.2 Å². The first-order valence-electron chi connectivity index (χ1n) is 9.53. The Hall–Kier alpha value is -2.51. The van der Waals surface area contributed by atoms with Gasteiger partial charge in [-0.3, -0.25) is 4.79 Å². The van der Waals surface area contributed by atoms with Crippen molar-refractivity contribution in [3.05, 3.63) is 46.8 Å². The number of nitrogens with zero attached hydrogens (tertiary/aromatic N) is 3. The van der Waals surface area contributed by atoms with Crippen LogP contribution < -0.4 is 10.6 Å². The highest BCUT2D eigenvalue weighted by molar-refractivity contribution is 6.35. The van der Waals surface area contributed by atoms with Crippen molar-refractivity contribution in [3.8, 4) is 0 Å². The number of nitrogens with one attached hydrogen (secondary N) is 3. The number of aromatic amines is 1. The number of fused-ring (bicyclic) bond motifs is 1. The minimum atomic E-state index is 0.0366. The standard InChI is InChI=1S/C20H22Cl2N6O/c1-12-2-3-15(27-20-17-4-5-23-19(17)25-11-26-20)10-28(12)18(29)9-24-16-7-13(21)6-14(22)8-16/h4-8,11-12,15,24H,2-3,9-10H2,1H3,(H2,23,25,26,27)/t12-,15+/m1/s1. The number of aromatic nitrogens is 3. The van der Waals surface area contributed by atoms with Gasteiger partial charge in [0.1, 0.15) is 17.8 Å². The van der Waals surface area contributed by atoms with Crippen molar-refractivity contribution >= 4 is 51.6 Å². The van der Waals surface area contributed by atoms with Gasteiger partial charge in [-0.1, -0.05) is 23.2 Å². The highest BCUT2D eigenvalue weighted by Gasteiger charge is 2.29. The van der Waals surface area contributed by atoms with Gasteiger partial charge >= 0.3 is 0 Å². The van der Waals surface area contributed by atoms with Crippen LogP contribution in [0.5, 0.6) is 0 Å². The van der Waals surface area contributed by atoms with Gasteiger partial charge < -0.3 is 20.5 Å². The molecule has 3 aromatic rings. The highest BCUT2D eigenvalue weighted by atomic mass is 35.5. The van der Waals surface area contributed by atoms with Gasteiger partial charge in [0.05, 0.1) is 11.9 Å². The Morgan fingerprint density at radius 3 is 2.83 bits per heavy atom. The first-order chi connectivity index (χ1) is 14.0. The highest BCUT2D eigenvalue weighted by Crippen LogP contribution is 2.25. The first kappa shape index (κ1) is 19.8. The van der Waals surface area contributed by atoms with Gasteiger partial charge in [0, 0.05) is 40.6 Å². The molecule has 1 saturated heterocycles. The minimum absolute atomic E-state index is 0.0366. The molecule has 1 aliphatic rings. The molecule has 3 heterocycles. The van der Waals surface area contributed by atoms with Gasteiger partial charge in [0.15, 0.2) is 0 Å². The molecule has 4 rings (SSSR count). The third-order valence-electron chi connectivity index (χ3n) is 5.20. The number of hydrogen-bond acceptors (Lipinski definition) is 5. The summed E-state index contributed by atoms with van der Waals surface area (Å²) in [6, 6.07) is 7.43. The number of H-pyrrole nitrogens is 1. The van der Waals surface area contributed by atoms with Crippen LogP contribution in [-0.4, -0.2) is 50.9 Å². The largest absolute Gasteiger partial charge is 0.376 e. The second-order valence-electron chi connectivity index (χ2n) is 7.29. The van der Waals surface area contributed by atoms with Crippen LogP contribution in [0.25, 0.3) is 11.0 Å². The predicted octanol–water partition coefficient (Wildman–Crippen LogP) is 4.17. The summed E-state index contributed by atoms with van der Waals surface area (Å²) in [6.45, 7) is 2.89. The smallest absolute Gasteiger partial charge is 0.242 e. The maximum absolute atomic E-state index is 12.9. The van der Waals surface area contributed by atoms with Crippen molar-refractivity contribution in [2.75, 3.05) is 23.7 Å². The lowest BCUT2D eigenvalue weighted by Crippen LogP contribution is -2.51. The molecule has 2 atom stereocenters. The number of halogens is 2. The molecule has 7 nitrogen and oxygen atoms in total. The topological polar surface area (TPSA) is 85.9 Å². The molecule has 0 spiro atoms. The summed E-state index contributed by atoms with van der Waals surface area (Å²) in [5.41, 5.74) is 1.52. The van der Waals surface area contributed by atoms with Gasteiger partial charge in [0.2, 0.25) is 5.91 Å². The summed E-state index contributed by atoms with van der Waals surface area (Å²) in [4.78, 5) is 26.5. The van der Waals surface area contributed by atoms with Crippen molar-refractivity contribution < 1.29 is 4.79 Å². The summed E-state index contributed by atoms with van der Waals surface area (Å²) in [5.74, 6) is 0.824. The second-order valence-corrected chi connectivity index (χ2v) is 8.16. The molecule has 0 radical (unpaired) electrons. The number of likely N-dealkylation sites (tertiary alicyclic amines) is 1. The molecule has 0 aliphatic carbocycles. The van der Waals surface area contributed by atoms with Gasteiger partial charge in [0.25, 0.3) is 0 Å². The Morgan fingerprint density at radius 1 is 1.24 bits per heavy atom. The molecule has 0 saturated carbocycles. The van der Waals surface area contributed by atoms with Crippen molar-refractivity contribution in [1.82, 2.24) is 19.9 Å². The van der Waals surface area contributed by atoms with Gasteiger partial charge in [-0.15, -0.1) is 0 Å². The van der Waals surface area contributed by atoms with E-state index in [4.69, 9.17) is 23.2 Å². The third-order valence-corrected chi connectivity index (χ3v) is 5.64. The van der Waals surface area contributed by atoms with Gasteiger partial charge in [-0.2, -0.15) is 0 Å². The summed E-state index contributed by atoms with van der Waals surface area (Å²) < 4.78 is 0. The van der Waals surface area contributed by atoms with Crippen LogP contribution in [0.3, 0.4) is 0 Å².